The Balaban J connectivity index is 2.49. The molecule has 0 aromatic heterocycles. The van der Waals surface area contributed by atoms with Gasteiger partial charge in [0, 0.05) is 18.4 Å². The Bertz CT molecular complexity index is 740. The fourth-order valence-corrected chi connectivity index (χ4v) is 3.24. The third-order valence-electron chi connectivity index (χ3n) is 4.56. The average molecular weight is 342 g/mol. The van der Waals surface area contributed by atoms with Crippen molar-refractivity contribution in [3.05, 3.63) is 52.6 Å². The summed E-state index contributed by atoms with van der Waals surface area (Å²) < 4.78 is 9.68. The summed E-state index contributed by atoms with van der Waals surface area (Å²) in [5.41, 5.74) is 1.49. The number of hydrogen-bond acceptors (Lipinski definition) is 5. The van der Waals surface area contributed by atoms with Crippen molar-refractivity contribution in [2.45, 2.75) is 26.7 Å². The van der Waals surface area contributed by atoms with E-state index in [1.54, 1.807) is 0 Å². The zero-order valence-electron chi connectivity index (χ0n) is 14.9. The Hall–Kier alpha value is -2.69. The number of Topliss-reactive ketones (excluding diaryl/α,β-unsaturated/α-hetero) is 1. The van der Waals surface area contributed by atoms with Gasteiger partial charge in [0.1, 0.15) is 0 Å². The molecule has 0 heterocycles. The molecule has 25 heavy (non-hydrogen) atoms. The predicted octanol–water partition coefficient (Wildman–Crippen LogP) is 3.10. The van der Waals surface area contributed by atoms with Gasteiger partial charge in [-0.3, -0.25) is 14.4 Å². The largest absolute Gasteiger partial charge is 0.468 e. The maximum Gasteiger partial charge on any atom is 0.323 e. The first kappa shape index (κ1) is 18.6. The van der Waals surface area contributed by atoms with Gasteiger partial charge >= 0.3 is 11.9 Å². The Labute approximate surface area is 147 Å². The molecule has 0 fully saturated rings. The summed E-state index contributed by atoms with van der Waals surface area (Å²) in [6, 6.07) is 9.64. The van der Waals surface area contributed by atoms with E-state index in [1.807, 2.05) is 43.3 Å². The van der Waals surface area contributed by atoms with Crippen LogP contribution in [-0.4, -0.2) is 31.9 Å². The van der Waals surface area contributed by atoms with E-state index in [9.17, 15) is 14.4 Å². The fourth-order valence-electron chi connectivity index (χ4n) is 3.24. The van der Waals surface area contributed by atoms with Gasteiger partial charge in [0.05, 0.1) is 14.2 Å². The predicted molar refractivity (Wildman–Crippen MR) is 93.5 cm³/mol. The maximum absolute atomic E-state index is 12.4. The lowest BCUT2D eigenvalue weighted by Gasteiger charge is -2.23. The van der Waals surface area contributed by atoms with Gasteiger partial charge in [-0.15, -0.1) is 0 Å². The van der Waals surface area contributed by atoms with Crippen LogP contribution in [0.15, 0.2) is 47.1 Å². The molecular formula is C20H22O5. The van der Waals surface area contributed by atoms with Gasteiger partial charge in [-0.1, -0.05) is 36.4 Å². The first-order valence-electron chi connectivity index (χ1n) is 7.99. The van der Waals surface area contributed by atoms with Gasteiger partial charge in [0.2, 0.25) is 0 Å². The number of esters is 2. The van der Waals surface area contributed by atoms with Crippen LogP contribution in [0.2, 0.25) is 0 Å². The molecule has 0 N–H and O–H groups in total. The van der Waals surface area contributed by atoms with E-state index in [4.69, 9.17) is 9.47 Å². The molecular weight excluding hydrogens is 320 g/mol. The third-order valence-corrected chi connectivity index (χ3v) is 4.56. The molecule has 5 nitrogen and oxygen atoms in total. The fraction of sp³-hybridized carbons (Fsp3) is 0.350. The molecule has 0 aliphatic heterocycles. The summed E-state index contributed by atoms with van der Waals surface area (Å²) >= 11 is 0. The SMILES string of the molecule is COC(=O)C1(C(=O)OC)CC(C(C)=O)=C(/C(C)=C/c2ccccc2)C1. The minimum atomic E-state index is -1.49. The van der Waals surface area contributed by atoms with E-state index in [2.05, 4.69) is 0 Å². The number of benzene rings is 1. The second kappa shape index (κ2) is 7.47. The zero-order chi connectivity index (χ0) is 18.6. The Morgan fingerprint density at radius 1 is 0.920 bits per heavy atom. The molecule has 132 valence electrons. The molecule has 0 atom stereocenters. The summed E-state index contributed by atoms with van der Waals surface area (Å²) in [6.45, 7) is 3.31. The van der Waals surface area contributed by atoms with Crippen LogP contribution in [0.25, 0.3) is 6.08 Å². The van der Waals surface area contributed by atoms with Crippen molar-refractivity contribution in [1.29, 1.82) is 0 Å². The van der Waals surface area contributed by atoms with Crippen molar-refractivity contribution in [2.24, 2.45) is 5.41 Å². The summed E-state index contributed by atoms with van der Waals surface area (Å²) in [5, 5.41) is 0. The van der Waals surface area contributed by atoms with Gasteiger partial charge in [0.25, 0.3) is 0 Å². The molecule has 0 bridgehead atoms. The lowest BCUT2D eigenvalue weighted by molar-refractivity contribution is -0.168. The van der Waals surface area contributed by atoms with Crippen LogP contribution >= 0.6 is 0 Å². The molecule has 1 aromatic rings. The molecule has 0 saturated heterocycles. The van der Waals surface area contributed by atoms with Crippen LogP contribution in [0.3, 0.4) is 0 Å². The summed E-state index contributed by atoms with van der Waals surface area (Å²) in [7, 11) is 2.45. The molecule has 2 rings (SSSR count). The molecule has 1 aliphatic rings. The van der Waals surface area contributed by atoms with Crippen LogP contribution < -0.4 is 0 Å². The topological polar surface area (TPSA) is 69.7 Å². The molecule has 0 amide bonds. The van der Waals surface area contributed by atoms with E-state index >= 15 is 0 Å². The minimum Gasteiger partial charge on any atom is -0.468 e. The summed E-state index contributed by atoms with van der Waals surface area (Å²) in [4.78, 5) is 36.8. The van der Waals surface area contributed by atoms with Crippen LogP contribution in [0.5, 0.6) is 0 Å². The van der Waals surface area contributed by atoms with E-state index in [1.165, 1.54) is 21.1 Å². The molecule has 0 radical (unpaired) electrons. The highest BCUT2D eigenvalue weighted by Crippen LogP contribution is 2.47. The lowest BCUT2D eigenvalue weighted by atomic mass is 9.83. The van der Waals surface area contributed by atoms with Crippen LogP contribution in [-0.2, 0) is 23.9 Å². The highest BCUT2D eigenvalue weighted by molar-refractivity contribution is 6.06. The van der Waals surface area contributed by atoms with E-state index < -0.39 is 17.4 Å². The normalized spacial score (nSPS) is 16.6. The van der Waals surface area contributed by atoms with Crippen LogP contribution in [0.4, 0.5) is 0 Å². The van der Waals surface area contributed by atoms with Gasteiger partial charge in [0.15, 0.2) is 11.2 Å². The smallest absolute Gasteiger partial charge is 0.323 e. The van der Waals surface area contributed by atoms with E-state index in [0.717, 1.165) is 11.1 Å². The van der Waals surface area contributed by atoms with Gasteiger partial charge in [-0.05, 0) is 30.6 Å². The number of hydrogen-bond donors (Lipinski definition) is 0. The van der Waals surface area contributed by atoms with Crippen molar-refractivity contribution < 1.29 is 23.9 Å². The van der Waals surface area contributed by atoms with Gasteiger partial charge in [-0.25, -0.2) is 0 Å². The van der Waals surface area contributed by atoms with E-state index in [-0.39, 0.29) is 18.6 Å². The van der Waals surface area contributed by atoms with Crippen molar-refractivity contribution in [2.75, 3.05) is 14.2 Å². The van der Waals surface area contributed by atoms with Crippen molar-refractivity contribution in [1.82, 2.24) is 0 Å². The Kier molecular flexibility index (Phi) is 5.57. The monoisotopic (exact) mass is 342 g/mol. The number of ketones is 1. The first-order valence-corrected chi connectivity index (χ1v) is 7.99. The molecule has 0 unspecified atom stereocenters. The Morgan fingerprint density at radius 3 is 1.92 bits per heavy atom. The highest BCUT2D eigenvalue weighted by atomic mass is 16.5. The number of ether oxygens (including phenoxy) is 2. The molecule has 0 saturated carbocycles. The lowest BCUT2D eigenvalue weighted by Crippen LogP contribution is -2.39. The quantitative estimate of drug-likeness (QED) is 0.607. The second-order valence-corrected chi connectivity index (χ2v) is 6.17. The summed E-state index contributed by atoms with van der Waals surface area (Å²) in [6.07, 6.45) is 2.02. The maximum atomic E-state index is 12.4. The number of rotatable bonds is 5. The van der Waals surface area contributed by atoms with E-state index in [0.29, 0.717) is 11.1 Å². The van der Waals surface area contributed by atoms with Crippen molar-refractivity contribution in [3.8, 4) is 0 Å². The van der Waals surface area contributed by atoms with Gasteiger partial charge < -0.3 is 9.47 Å². The molecule has 1 aromatic carbocycles. The second-order valence-electron chi connectivity index (χ2n) is 6.17. The number of carbonyl (C=O) groups is 3. The summed E-state index contributed by atoms with van der Waals surface area (Å²) in [5.74, 6) is -1.52. The van der Waals surface area contributed by atoms with Crippen LogP contribution in [0, 0.1) is 5.41 Å². The minimum absolute atomic E-state index is 0.00299. The van der Waals surface area contributed by atoms with Gasteiger partial charge in [-0.2, -0.15) is 0 Å². The highest BCUT2D eigenvalue weighted by Gasteiger charge is 2.54. The third kappa shape index (κ3) is 3.55. The van der Waals surface area contributed by atoms with Crippen molar-refractivity contribution in [3.63, 3.8) is 0 Å². The first-order chi connectivity index (χ1) is 11.9. The zero-order valence-corrected chi connectivity index (χ0v) is 14.9. The number of allylic oxidation sites excluding steroid dienone is 3. The Morgan fingerprint density at radius 2 is 1.44 bits per heavy atom. The number of methoxy groups -OCH3 is 2. The van der Waals surface area contributed by atoms with Crippen molar-refractivity contribution >= 4 is 23.8 Å². The van der Waals surface area contributed by atoms with Crippen LogP contribution in [0.1, 0.15) is 32.3 Å². The average Bonchev–Trinajstić information content (AvgIpc) is 3.03. The number of carbonyl (C=O) groups excluding carboxylic acids is 3. The molecule has 1 aliphatic carbocycles. The molecule has 5 heteroatoms. The molecule has 0 spiro atoms. The standard InChI is InChI=1S/C20H22O5/c1-13(10-15-8-6-5-7-9-15)16-11-20(18(22)24-3,19(23)25-4)12-17(16)14(2)21/h5-10H,11-12H2,1-4H3/b13-10+.